The van der Waals surface area contributed by atoms with Gasteiger partial charge in [0, 0.05) is 4.90 Å². The van der Waals surface area contributed by atoms with Crippen LogP contribution in [0.5, 0.6) is 0 Å². The van der Waals surface area contributed by atoms with Gasteiger partial charge in [0.05, 0.1) is 22.3 Å². The highest BCUT2D eigenvalue weighted by Crippen LogP contribution is 2.38. The Labute approximate surface area is 299 Å². The van der Waals surface area contributed by atoms with E-state index in [0.29, 0.717) is 5.56 Å². The molecule has 0 aromatic heterocycles. The lowest BCUT2D eigenvalue weighted by molar-refractivity contribution is -0.207. The van der Waals surface area contributed by atoms with Gasteiger partial charge in [0.15, 0.2) is 18.3 Å². The summed E-state index contributed by atoms with van der Waals surface area (Å²) in [5.41, 5.74) is 1.02. The molecule has 0 aliphatic carbocycles. The topological polar surface area (TPSA) is 114 Å². The Kier molecular flexibility index (Phi) is 11.6. The number of benzene rings is 5. The van der Waals surface area contributed by atoms with Crippen molar-refractivity contribution in [2.45, 2.75) is 41.7 Å². The third kappa shape index (κ3) is 9.10. The van der Waals surface area contributed by atoms with Crippen LogP contribution < -0.4 is 0 Å². The Balaban J connectivity index is 1.41. The minimum Gasteiger partial charge on any atom is -0.459 e. The fourth-order valence-electron chi connectivity index (χ4n) is 5.37. The molecular weight excluding hydrogens is 669 g/mol. The summed E-state index contributed by atoms with van der Waals surface area (Å²) in [5, 5.41) is 0. The molecule has 9 nitrogen and oxygen atoms in total. The molecule has 1 aliphatic heterocycles. The van der Waals surface area contributed by atoms with E-state index in [0.717, 1.165) is 10.5 Å². The second kappa shape index (κ2) is 16.8. The molecule has 5 aromatic rings. The molecule has 0 amide bonds. The highest BCUT2D eigenvalue weighted by atomic mass is 32.2. The minimum absolute atomic E-state index is 0.222. The smallest absolute Gasteiger partial charge is 0.338 e. The number of carbonyl (C=O) groups is 4. The van der Waals surface area contributed by atoms with E-state index in [1.807, 2.05) is 31.2 Å². The average Bonchev–Trinajstić information content (AvgIpc) is 3.18. The molecule has 0 saturated carbocycles. The molecule has 0 radical (unpaired) electrons. The van der Waals surface area contributed by atoms with Crippen LogP contribution in [-0.4, -0.2) is 60.3 Å². The molecule has 0 bridgehead atoms. The van der Waals surface area contributed by atoms with E-state index in [9.17, 15) is 19.2 Å². The number of ether oxygens (including phenoxy) is 5. The van der Waals surface area contributed by atoms with Crippen LogP contribution >= 0.6 is 11.8 Å². The Bertz CT molecular complexity index is 1920. The molecule has 10 heteroatoms. The van der Waals surface area contributed by atoms with E-state index >= 15 is 0 Å². The van der Waals surface area contributed by atoms with Gasteiger partial charge in [-0.25, -0.2) is 19.2 Å². The fraction of sp³-hybridized carbons (Fsp3) is 0.171. The van der Waals surface area contributed by atoms with E-state index < -0.39 is 53.7 Å². The van der Waals surface area contributed by atoms with Gasteiger partial charge in [0.1, 0.15) is 18.1 Å². The molecule has 0 spiro atoms. The van der Waals surface area contributed by atoms with Crippen LogP contribution in [0.1, 0.15) is 47.0 Å². The van der Waals surface area contributed by atoms with Crippen molar-refractivity contribution in [2.24, 2.45) is 0 Å². The van der Waals surface area contributed by atoms with Gasteiger partial charge < -0.3 is 23.7 Å². The maximum atomic E-state index is 13.7. The van der Waals surface area contributed by atoms with Crippen LogP contribution in [0.25, 0.3) is 0 Å². The molecular formula is C41H34O9S. The average molecular weight is 703 g/mol. The van der Waals surface area contributed by atoms with Gasteiger partial charge >= 0.3 is 23.9 Å². The number of hydrogen-bond acceptors (Lipinski definition) is 10. The first kappa shape index (κ1) is 35.1. The lowest BCUT2D eigenvalue weighted by Crippen LogP contribution is -2.61. The molecule has 0 unspecified atom stereocenters. The van der Waals surface area contributed by atoms with Crippen molar-refractivity contribution in [3.05, 3.63) is 173 Å². The molecule has 1 fully saturated rings. The van der Waals surface area contributed by atoms with Crippen molar-refractivity contribution >= 4 is 35.6 Å². The molecule has 258 valence electrons. The molecule has 1 heterocycles. The zero-order valence-electron chi connectivity index (χ0n) is 27.5. The summed E-state index contributed by atoms with van der Waals surface area (Å²) in [5.74, 6) is -2.84. The van der Waals surface area contributed by atoms with Crippen LogP contribution in [0.15, 0.2) is 150 Å². The van der Waals surface area contributed by atoms with Crippen LogP contribution in [-0.2, 0) is 23.7 Å². The van der Waals surface area contributed by atoms with Crippen LogP contribution in [0, 0.1) is 6.92 Å². The van der Waals surface area contributed by atoms with E-state index in [-0.39, 0.29) is 23.3 Å². The Morgan fingerprint density at radius 3 is 1.35 bits per heavy atom. The van der Waals surface area contributed by atoms with Crippen LogP contribution in [0.2, 0.25) is 0 Å². The largest absolute Gasteiger partial charge is 0.459 e. The molecule has 6 rings (SSSR count). The van der Waals surface area contributed by atoms with Gasteiger partial charge in [-0.3, -0.25) is 0 Å². The van der Waals surface area contributed by atoms with Gasteiger partial charge in [-0.1, -0.05) is 102 Å². The summed E-state index contributed by atoms with van der Waals surface area (Å²) < 4.78 is 30.6. The number of hydrogen-bond donors (Lipinski definition) is 0. The van der Waals surface area contributed by atoms with Gasteiger partial charge in [-0.2, -0.15) is 0 Å². The van der Waals surface area contributed by atoms with Crippen molar-refractivity contribution in [1.29, 1.82) is 0 Å². The summed E-state index contributed by atoms with van der Waals surface area (Å²) >= 11 is 1.23. The van der Waals surface area contributed by atoms with Crippen LogP contribution in [0.4, 0.5) is 0 Å². The summed E-state index contributed by atoms with van der Waals surface area (Å²) in [4.78, 5) is 54.9. The Morgan fingerprint density at radius 2 is 0.902 bits per heavy atom. The second-order valence-electron chi connectivity index (χ2n) is 11.6. The Hall–Kier alpha value is -5.71. The first-order valence-electron chi connectivity index (χ1n) is 16.2. The maximum Gasteiger partial charge on any atom is 0.338 e. The molecule has 51 heavy (non-hydrogen) atoms. The summed E-state index contributed by atoms with van der Waals surface area (Å²) in [7, 11) is 0. The third-order valence-electron chi connectivity index (χ3n) is 8.01. The van der Waals surface area contributed by atoms with Crippen molar-refractivity contribution < 1.29 is 42.9 Å². The second-order valence-corrected chi connectivity index (χ2v) is 12.8. The predicted molar refractivity (Wildman–Crippen MR) is 189 cm³/mol. The monoisotopic (exact) mass is 702 g/mol. The Morgan fingerprint density at radius 1 is 0.510 bits per heavy atom. The molecule has 5 aromatic carbocycles. The van der Waals surface area contributed by atoms with Gasteiger partial charge in [0.2, 0.25) is 0 Å². The zero-order valence-corrected chi connectivity index (χ0v) is 28.3. The minimum atomic E-state index is -1.41. The predicted octanol–water partition coefficient (Wildman–Crippen LogP) is 7.35. The highest BCUT2D eigenvalue weighted by molar-refractivity contribution is 7.99. The molecule has 1 aliphatic rings. The van der Waals surface area contributed by atoms with Crippen molar-refractivity contribution in [1.82, 2.24) is 0 Å². The molecule has 0 N–H and O–H groups in total. The first-order valence-corrected chi connectivity index (χ1v) is 17.1. The van der Waals surface area contributed by atoms with Gasteiger partial charge in [-0.15, -0.1) is 0 Å². The van der Waals surface area contributed by atoms with Crippen molar-refractivity contribution in [3.63, 3.8) is 0 Å². The normalized spacial score (nSPS) is 19.7. The highest BCUT2D eigenvalue weighted by Gasteiger charge is 2.53. The SMILES string of the molecule is Cc1ccc(S[C@H]2O[C@H](COC(=O)c3ccccc3)[C@@H](OC(=O)c3ccccc3)[C@H](OC(=O)c3ccccc3)[C@@H]2OC(=O)c2ccccc2)cc1. The number of esters is 4. The number of rotatable bonds is 11. The first-order chi connectivity index (χ1) is 24.9. The maximum absolute atomic E-state index is 13.7. The van der Waals surface area contributed by atoms with Crippen LogP contribution in [0.3, 0.4) is 0 Å². The lowest BCUT2D eigenvalue weighted by Gasteiger charge is -2.44. The van der Waals surface area contributed by atoms with Gasteiger partial charge in [0.25, 0.3) is 0 Å². The summed E-state index contributed by atoms with van der Waals surface area (Å²) in [6.45, 7) is 1.57. The van der Waals surface area contributed by atoms with E-state index in [1.54, 1.807) is 121 Å². The number of carbonyl (C=O) groups excluding carboxylic acids is 4. The number of thioether (sulfide) groups is 1. The van der Waals surface area contributed by atoms with E-state index in [4.69, 9.17) is 23.7 Å². The summed E-state index contributed by atoms with van der Waals surface area (Å²) in [6.07, 6.45) is -5.26. The third-order valence-corrected chi connectivity index (χ3v) is 9.17. The van der Waals surface area contributed by atoms with E-state index in [1.165, 1.54) is 11.8 Å². The molecule has 1 saturated heterocycles. The van der Waals surface area contributed by atoms with Crippen molar-refractivity contribution in [3.8, 4) is 0 Å². The van der Waals surface area contributed by atoms with Gasteiger partial charge in [-0.05, 0) is 67.6 Å². The molecule has 5 atom stereocenters. The standard InChI is InChI=1S/C41H34O9S/c1-27-22-24-32(25-23-27)51-41-36(50-40(45)31-20-12-5-13-21-31)35(49-39(44)30-18-10-4-11-19-30)34(48-38(43)29-16-8-3-9-17-29)33(47-41)26-46-37(42)28-14-6-2-7-15-28/h2-25,33-36,41H,26H2,1H3/t33-,34-,35+,36+,41-/m1/s1. The summed E-state index contributed by atoms with van der Waals surface area (Å²) in [6, 6.07) is 40.9. The zero-order chi connectivity index (χ0) is 35.6. The van der Waals surface area contributed by atoms with E-state index in [2.05, 4.69) is 0 Å². The fourth-order valence-corrected chi connectivity index (χ4v) is 6.48. The lowest BCUT2D eigenvalue weighted by atomic mass is 9.98. The van der Waals surface area contributed by atoms with Crippen molar-refractivity contribution in [2.75, 3.05) is 6.61 Å². The quantitative estimate of drug-likeness (QED) is 0.102. The number of aryl methyl sites for hydroxylation is 1.